The predicted octanol–water partition coefficient (Wildman–Crippen LogP) is 5.19. The van der Waals surface area contributed by atoms with Crippen molar-refractivity contribution in [2.45, 2.75) is 32.9 Å². The summed E-state index contributed by atoms with van der Waals surface area (Å²) >= 11 is 0. The molecular weight excluding hydrogens is 488 g/mol. The van der Waals surface area contributed by atoms with Crippen LogP contribution in [0, 0.1) is 17.0 Å². The zero-order valence-corrected chi connectivity index (χ0v) is 20.8. The van der Waals surface area contributed by atoms with Gasteiger partial charge >= 0.3 is 5.91 Å². The molecule has 0 spiro atoms. The number of nitrogens with zero attached hydrogens (tertiary/aromatic N) is 3. The molecule has 0 saturated carbocycles. The molecule has 2 N–H and O–H groups in total. The van der Waals surface area contributed by atoms with Gasteiger partial charge in [0.1, 0.15) is 11.5 Å². The summed E-state index contributed by atoms with van der Waals surface area (Å²) in [5.41, 5.74) is 2.36. The van der Waals surface area contributed by atoms with E-state index in [0.717, 1.165) is 11.6 Å². The number of non-ortho nitro benzene ring substituents is 1. The summed E-state index contributed by atoms with van der Waals surface area (Å²) in [4.78, 5) is 46.3. The van der Waals surface area contributed by atoms with E-state index in [1.807, 2.05) is 32.9 Å². The number of aromatic nitrogens is 2. The number of anilines is 1. The summed E-state index contributed by atoms with van der Waals surface area (Å²) in [6.45, 7) is 5.71. The number of hydrogen-bond acceptors (Lipinski definition) is 7. The van der Waals surface area contributed by atoms with Crippen LogP contribution in [0.15, 0.2) is 72.3 Å². The molecule has 1 unspecified atom stereocenters. The first-order valence-electron chi connectivity index (χ1n) is 11.9. The second-order valence-electron chi connectivity index (χ2n) is 9.29. The Balaban J connectivity index is 1.70. The lowest BCUT2D eigenvalue weighted by molar-refractivity contribution is -0.384. The number of benzene rings is 3. The maximum Gasteiger partial charge on any atom is 0.302 e. The Morgan fingerprint density at radius 2 is 1.84 bits per heavy atom. The van der Waals surface area contributed by atoms with Crippen LogP contribution in [0.2, 0.25) is 0 Å². The second-order valence-corrected chi connectivity index (χ2v) is 9.29. The van der Waals surface area contributed by atoms with Crippen LogP contribution in [0.4, 0.5) is 11.6 Å². The fourth-order valence-electron chi connectivity index (χ4n) is 4.51. The molecule has 192 valence electrons. The van der Waals surface area contributed by atoms with E-state index < -0.39 is 28.4 Å². The van der Waals surface area contributed by atoms with E-state index in [4.69, 9.17) is 4.74 Å². The third kappa shape index (κ3) is 4.36. The third-order valence-corrected chi connectivity index (χ3v) is 6.20. The van der Waals surface area contributed by atoms with E-state index in [0.29, 0.717) is 22.3 Å². The first kappa shape index (κ1) is 24.7. The molecule has 1 aliphatic heterocycles. The zero-order valence-electron chi connectivity index (χ0n) is 20.8. The van der Waals surface area contributed by atoms with E-state index in [-0.39, 0.29) is 28.9 Å². The number of amides is 1. The average molecular weight is 513 g/mol. The van der Waals surface area contributed by atoms with Gasteiger partial charge in [-0.2, -0.15) is 0 Å². The molecule has 0 bridgehead atoms. The summed E-state index contributed by atoms with van der Waals surface area (Å²) in [6.07, 6.45) is -0.0561. The van der Waals surface area contributed by atoms with Crippen molar-refractivity contribution in [2.75, 3.05) is 4.90 Å². The predicted molar refractivity (Wildman–Crippen MR) is 141 cm³/mol. The summed E-state index contributed by atoms with van der Waals surface area (Å²) < 4.78 is 5.72. The Hall–Kier alpha value is -4.99. The van der Waals surface area contributed by atoms with E-state index in [1.165, 1.54) is 23.1 Å². The maximum absolute atomic E-state index is 13.4. The number of nitrogens with one attached hydrogen (secondary N) is 1. The van der Waals surface area contributed by atoms with Crippen LogP contribution in [0.25, 0.3) is 16.8 Å². The third-order valence-electron chi connectivity index (χ3n) is 6.20. The molecule has 0 aliphatic carbocycles. The van der Waals surface area contributed by atoms with Crippen molar-refractivity contribution in [3.8, 4) is 5.75 Å². The van der Waals surface area contributed by atoms with Crippen molar-refractivity contribution >= 4 is 40.1 Å². The number of hydrogen-bond donors (Lipinski definition) is 2. The first-order valence-corrected chi connectivity index (χ1v) is 11.9. The average Bonchev–Trinajstić information content (AvgIpc) is 3.41. The monoisotopic (exact) mass is 512 g/mol. The van der Waals surface area contributed by atoms with Gasteiger partial charge in [0.05, 0.1) is 33.7 Å². The van der Waals surface area contributed by atoms with E-state index >= 15 is 0 Å². The van der Waals surface area contributed by atoms with Crippen LogP contribution in [-0.4, -0.2) is 37.8 Å². The summed E-state index contributed by atoms with van der Waals surface area (Å²) in [7, 11) is 0. The lowest BCUT2D eigenvalue weighted by Crippen LogP contribution is -2.30. The Bertz CT molecular complexity index is 1620. The molecular formula is C28H24N4O6. The minimum atomic E-state index is -1.05. The SMILES string of the molecule is Cc1ccc2nc(N3C(=O)C(=O)/C(=C(/O)c4cccc([N+](=O)[O-])c4)C3c3ccc(OC(C)C)cc3)[nH]c2c1. The topological polar surface area (TPSA) is 139 Å². The van der Waals surface area contributed by atoms with Crippen molar-refractivity contribution in [1.29, 1.82) is 0 Å². The van der Waals surface area contributed by atoms with Crippen molar-refractivity contribution in [3.63, 3.8) is 0 Å². The van der Waals surface area contributed by atoms with Crippen molar-refractivity contribution < 1.29 is 24.4 Å². The van der Waals surface area contributed by atoms with Crippen LogP contribution < -0.4 is 9.64 Å². The summed E-state index contributed by atoms with van der Waals surface area (Å²) in [5.74, 6) is -1.61. The van der Waals surface area contributed by atoms with Gasteiger partial charge < -0.3 is 14.8 Å². The van der Waals surface area contributed by atoms with E-state index in [2.05, 4.69) is 9.97 Å². The van der Waals surface area contributed by atoms with Gasteiger partial charge in [0.25, 0.3) is 11.5 Å². The fraction of sp³-hybridized carbons (Fsp3) is 0.179. The minimum absolute atomic E-state index is 0.0437. The number of ether oxygens (including phenoxy) is 1. The molecule has 1 atom stereocenters. The second kappa shape index (κ2) is 9.47. The molecule has 1 saturated heterocycles. The molecule has 10 nitrogen and oxygen atoms in total. The van der Waals surface area contributed by atoms with Crippen molar-refractivity contribution in [3.05, 3.63) is 99.1 Å². The van der Waals surface area contributed by atoms with Crippen LogP contribution in [0.5, 0.6) is 5.75 Å². The number of aliphatic hydroxyl groups is 1. The number of ketones is 1. The molecule has 5 rings (SSSR count). The minimum Gasteiger partial charge on any atom is -0.507 e. The number of carbonyl (C=O) groups excluding carboxylic acids is 2. The van der Waals surface area contributed by atoms with Gasteiger partial charge in [-0.3, -0.25) is 24.6 Å². The fourth-order valence-corrected chi connectivity index (χ4v) is 4.51. The Labute approximate surface area is 217 Å². The van der Waals surface area contributed by atoms with Gasteiger partial charge in [0, 0.05) is 17.7 Å². The standard InChI is InChI=1S/C28H24N4O6/c1-15(2)38-20-10-8-17(9-11-20)24-23(25(33)18-5-4-6-19(14-18)32(36)37)26(34)27(35)31(24)28-29-21-12-7-16(3)13-22(21)30-28/h4-15,24,33H,1-3H3,(H,29,30)/b25-23+. The number of fused-ring (bicyclic) bond motifs is 1. The number of aryl methyl sites for hydroxylation is 1. The molecule has 0 radical (unpaired) electrons. The summed E-state index contributed by atoms with van der Waals surface area (Å²) in [5, 5.41) is 22.6. The Morgan fingerprint density at radius 1 is 1.11 bits per heavy atom. The van der Waals surface area contributed by atoms with Gasteiger partial charge in [0.2, 0.25) is 5.95 Å². The highest BCUT2D eigenvalue weighted by atomic mass is 16.6. The number of aliphatic hydroxyl groups excluding tert-OH is 1. The number of H-pyrrole nitrogens is 1. The van der Waals surface area contributed by atoms with Gasteiger partial charge in [-0.1, -0.05) is 30.3 Å². The maximum atomic E-state index is 13.4. The molecule has 4 aromatic rings. The van der Waals surface area contributed by atoms with Gasteiger partial charge in [0.15, 0.2) is 0 Å². The largest absolute Gasteiger partial charge is 0.507 e. The quantitative estimate of drug-likeness (QED) is 0.119. The lowest BCUT2D eigenvalue weighted by atomic mass is 9.95. The van der Waals surface area contributed by atoms with Gasteiger partial charge in [-0.05, 0) is 56.2 Å². The van der Waals surface area contributed by atoms with Crippen LogP contribution in [-0.2, 0) is 9.59 Å². The number of Topliss-reactive ketones (excluding diaryl/α,β-unsaturated/α-hetero) is 1. The zero-order chi connectivity index (χ0) is 27.1. The van der Waals surface area contributed by atoms with E-state index in [1.54, 1.807) is 30.3 Å². The highest BCUT2D eigenvalue weighted by Crippen LogP contribution is 2.42. The molecule has 1 aromatic heterocycles. The van der Waals surface area contributed by atoms with Gasteiger partial charge in [-0.15, -0.1) is 0 Å². The highest BCUT2D eigenvalue weighted by molar-refractivity contribution is 6.51. The van der Waals surface area contributed by atoms with Crippen LogP contribution in [0.3, 0.4) is 0 Å². The van der Waals surface area contributed by atoms with Crippen LogP contribution >= 0.6 is 0 Å². The number of nitro benzene ring substituents is 1. The Morgan fingerprint density at radius 3 is 2.53 bits per heavy atom. The summed E-state index contributed by atoms with van der Waals surface area (Å²) in [6, 6.07) is 16.6. The normalized spacial score (nSPS) is 16.9. The van der Waals surface area contributed by atoms with Crippen molar-refractivity contribution in [1.82, 2.24) is 9.97 Å². The Kier molecular flexibility index (Phi) is 6.15. The molecule has 1 aliphatic rings. The van der Waals surface area contributed by atoms with E-state index in [9.17, 15) is 24.8 Å². The molecule has 2 heterocycles. The van der Waals surface area contributed by atoms with Crippen molar-refractivity contribution in [2.24, 2.45) is 0 Å². The number of carbonyl (C=O) groups is 2. The molecule has 1 fully saturated rings. The highest BCUT2D eigenvalue weighted by Gasteiger charge is 2.48. The number of aromatic amines is 1. The lowest BCUT2D eigenvalue weighted by Gasteiger charge is -2.23. The molecule has 3 aromatic carbocycles. The van der Waals surface area contributed by atoms with Gasteiger partial charge in [-0.25, -0.2) is 4.98 Å². The number of nitro groups is 1. The smallest absolute Gasteiger partial charge is 0.302 e. The first-order chi connectivity index (χ1) is 18.1. The molecule has 38 heavy (non-hydrogen) atoms. The molecule has 10 heteroatoms. The number of rotatable bonds is 6. The van der Waals surface area contributed by atoms with Crippen LogP contribution in [0.1, 0.15) is 36.6 Å². The number of imidazole rings is 1. The molecule has 1 amide bonds.